The number of rotatable bonds is 3. The Kier molecular flexibility index (Phi) is 4.12. The molecule has 1 aromatic heterocycles. The number of aryl methyl sites for hydroxylation is 1. The second-order valence-corrected chi connectivity index (χ2v) is 5.67. The molecule has 3 rings (SSSR count). The summed E-state index contributed by atoms with van der Waals surface area (Å²) in [6.07, 6.45) is 3.84. The molecule has 1 unspecified atom stereocenters. The van der Waals surface area contributed by atoms with Crippen molar-refractivity contribution >= 4 is 0 Å². The number of hydrogen-bond acceptors (Lipinski definition) is 2. The lowest BCUT2D eigenvalue weighted by atomic mass is 9.98. The number of likely N-dealkylation sites (tertiary alicyclic amines) is 1. The zero-order valence-electron chi connectivity index (χ0n) is 12.1. The highest BCUT2D eigenvalue weighted by Gasteiger charge is 2.24. The summed E-state index contributed by atoms with van der Waals surface area (Å²) in [7, 11) is 0. The van der Waals surface area contributed by atoms with Crippen molar-refractivity contribution in [1.82, 2.24) is 9.88 Å². The molecule has 1 aliphatic rings. The quantitative estimate of drug-likeness (QED) is 0.831. The van der Waals surface area contributed by atoms with Crippen LogP contribution in [0.2, 0.25) is 0 Å². The van der Waals surface area contributed by atoms with Crippen molar-refractivity contribution < 1.29 is 0 Å². The largest absolute Gasteiger partial charge is 0.291 e. The molecule has 0 aliphatic carbocycles. The first-order valence-electron chi connectivity index (χ1n) is 7.54. The van der Waals surface area contributed by atoms with E-state index in [1.807, 2.05) is 0 Å². The minimum absolute atomic E-state index is 0.476. The third-order valence-corrected chi connectivity index (χ3v) is 4.09. The van der Waals surface area contributed by atoms with Crippen molar-refractivity contribution in [2.45, 2.75) is 38.8 Å². The van der Waals surface area contributed by atoms with Gasteiger partial charge in [0.05, 0.1) is 11.7 Å². The minimum Gasteiger partial charge on any atom is -0.291 e. The minimum atomic E-state index is 0.476. The van der Waals surface area contributed by atoms with E-state index in [9.17, 15) is 0 Å². The molecule has 0 N–H and O–H groups in total. The first-order chi connectivity index (χ1) is 9.83. The average Bonchev–Trinajstić information content (AvgIpc) is 2.49. The van der Waals surface area contributed by atoms with Gasteiger partial charge in [-0.3, -0.25) is 9.88 Å². The van der Waals surface area contributed by atoms with Crippen LogP contribution in [0, 0.1) is 6.92 Å². The third-order valence-electron chi connectivity index (χ3n) is 4.09. The lowest BCUT2D eigenvalue weighted by molar-refractivity contribution is 0.137. The maximum atomic E-state index is 4.75. The average molecular weight is 266 g/mol. The summed E-state index contributed by atoms with van der Waals surface area (Å²) in [6, 6.07) is 17.6. The van der Waals surface area contributed by atoms with Gasteiger partial charge in [0.15, 0.2) is 0 Å². The van der Waals surface area contributed by atoms with Gasteiger partial charge in [0, 0.05) is 12.2 Å². The lowest BCUT2D eigenvalue weighted by Crippen LogP contribution is -2.33. The Bertz CT molecular complexity index is 550. The molecule has 1 aliphatic heterocycles. The predicted octanol–water partition coefficient (Wildman–Crippen LogP) is 4.12. The first-order valence-corrected chi connectivity index (χ1v) is 7.54. The van der Waals surface area contributed by atoms with Gasteiger partial charge in [-0.15, -0.1) is 0 Å². The first kappa shape index (κ1) is 13.3. The maximum Gasteiger partial charge on any atom is 0.0578 e. The molecule has 2 heterocycles. The Morgan fingerprint density at radius 2 is 1.90 bits per heavy atom. The van der Waals surface area contributed by atoms with Gasteiger partial charge in [-0.05, 0) is 44.0 Å². The van der Waals surface area contributed by atoms with Gasteiger partial charge in [0.25, 0.3) is 0 Å². The second kappa shape index (κ2) is 6.19. The Morgan fingerprint density at radius 1 is 1.05 bits per heavy atom. The zero-order chi connectivity index (χ0) is 13.8. The maximum absolute atomic E-state index is 4.75. The predicted molar refractivity (Wildman–Crippen MR) is 82.4 cm³/mol. The molecule has 0 saturated carbocycles. The van der Waals surface area contributed by atoms with Crippen LogP contribution >= 0.6 is 0 Å². The van der Waals surface area contributed by atoms with E-state index in [1.54, 1.807) is 0 Å². The molecule has 104 valence electrons. The van der Waals surface area contributed by atoms with Crippen LogP contribution in [-0.2, 0) is 6.54 Å². The molecule has 0 radical (unpaired) electrons. The summed E-state index contributed by atoms with van der Waals surface area (Å²) < 4.78 is 0. The highest BCUT2D eigenvalue weighted by Crippen LogP contribution is 2.31. The number of nitrogens with zero attached hydrogens (tertiary/aromatic N) is 2. The topological polar surface area (TPSA) is 16.1 Å². The number of piperidine rings is 1. The fraction of sp³-hybridized carbons (Fsp3) is 0.389. The number of hydrogen-bond donors (Lipinski definition) is 0. The van der Waals surface area contributed by atoms with E-state index >= 15 is 0 Å². The smallest absolute Gasteiger partial charge is 0.0578 e. The van der Waals surface area contributed by atoms with Crippen LogP contribution in [0.25, 0.3) is 0 Å². The third kappa shape index (κ3) is 3.07. The van der Waals surface area contributed by atoms with Crippen molar-refractivity contribution in [2.75, 3.05) is 6.54 Å². The van der Waals surface area contributed by atoms with E-state index < -0.39 is 0 Å². The summed E-state index contributed by atoms with van der Waals surface area (Å²) in [5, 5.41) is 0. The Hall–Kier alpha value is -1.67. The van der Waals surface area contributed by atoms with E-state index in [1.165, 1.54) is 37.1 Å². The van der Waals surface area contributed by atoms with Gasteiger partial charge in [0.1, 0.15) is 0 Å². The molecular weight excluding hydrogens is 244 g/mol. The number of benzene rings is 1. The molecular formula is C18H22N2. The van der Waals surface area contributed by atoms with Crippen LogP contribution in [0.4, 0.5) is 0 Å². The fourth-order valence-corrected chi connectivity index (χ4v) is 3.08. The van der Waals surface area contributed by atoms with Crippen LogP contribution < -0.4 is 0 Å². The lowest BCUT2D eigenvalue weighted by Gasteiger charge is -2.35. The molecule has 1 aromatic carbocycles. The van der Waals surface area contributed by atoms with Crippen LogP contribution in [0.3, 0.4) is 0 Å². The molecule has 0 bridgehead atoms. The fourth-order valence-electron chi connectivity index (χ4n) is 3.08. The highest BCUT2D eigenvalue weighted by atomic mass is 15.2. The Balaban J connectivity index is 1.80. The van der Waals surface area contributed by atoms with E-state index in [0.29, 0.717) is 6.04 Å². The van der Waals surface area contributed by atoms with E-state index in [4.69, 9.17) is 4.98 Å². The molecule has 1 atom stereocenters. The van der Waals surface area contributed by atoms with Gasteiger partial charge >= 0.3 is 0 Å². The molecule has 1 fully saturated rings. The van der Waals surface area contributed by atoms with Gasteiger partial charge in [-0.25, -0.2) is 0 Å². The van der Waals surface area contributed by atoms with Crippen LogP contribution in [0.15, 0.2) is 48.5 Å². The molecule has 20 heavy (non-hydrogen) atoms. The van der Waals surface area contributed by atoms with Gasteiger partial charge in [-0.1, -0.05) is 42.8 Å². The van der Waals surface area contributed by atoms with Crippen molar-refractivity contribution in [1.29, 1.82) is 0 Å². The summed E-state index contributed by atoms with van der Waals surface area (Å²) in [4.78, 5) is 7.33. The van der Waals surface area contributed by atoms with E-state index in [-0.39, 0.29) is 0 Å². The molecule has 2 aromatic rings. The van der Waals surface area contributed by atoms with Crippen molar-refractivity contribution in [3.63, 3.8) is 0 Å². The molecule has 0 amide bonds. The van der Waals surface area contributed by atoms with Crippen molar-refractivity contribution in [2.24, 2.45) is 0 Å². The second-order valence-electron chi connectivity index (χ2n) is 5.67. The number of pyridine rings is 1. The van der Waals surface area contributed by atoms with Gasteiger partial charge in [0.2, 0.25) is 0 Å². The monoisotopic (exact) mass is 266 g/mol. The van der Waals surface area contributed by atoms with Crippen LogP contribution in [0.1, 0.15) is 42.3 Å². The Labute approximate surface area is 121 Å². The summed E-state index contributed by atoms with van der Waals surface area (Å²) in [5.74, 6) is 0. The van der Waals surface area contributed by atoms with Crippen molar-refractivity contribution in [3.8, 4) is 0 Å². The van der Waals surface area contributed by atoms with Crippen molar-refractivity contribution in [3.05, 3.63) is 65.5 Å². The number of aromatic nitrogens is 1. The summed E-state index contributed by atoms with van der Waals surface area (Å²) in [5.41, 5.74) is 3.75. The zero-order valence-corrected chi connectivity index (χ0v) is 12.1. The van der Waals surface area contributed by atoms with Crippen LogP contribution in [-0.4, -0.2) is 16.4 Å². The highest BCUT2D eigenvalue weighted by molar-refractivity contribution is 5.17. The summed E-state index contributed by atoms with van der Waals surface area (Å²) in [6.45, 7) is 4.28. The van der Waals surface area contributed by atoms with E-state index in [0.717, 1.165) is 12.2 Å². The Morgan fingerprint density at radius 3 is 2.70 bits per heavy atom. The normalized spacial score (nSPS) is 19.9. The SMILES string of the molecule is Cc1cccc(C2CCCCN2Cc2ccccc2)n1. The standard InChI is InChI=1S/C18H22N2/c1-15-8-7-11-17(19-15)18-12-5-6-13-20(18)14-16-9-3-2-4-10-16/h2-4,7-11,18H,5-6,12-14H2,1H3. The van der Waals surface area contributed by atoms with Gasteiger partial charge in [-0.2, -0.15) is 0 Å². The van der Waals surface area contributed by atoms with E-state index in [2.05, 4.69) is 60.4 Å². The van der Waals surface area contributed by atoms with Gasteiger partial charge < -0.3 is 0 Å². The molecule has 1 saturated heterocycles. The molecule has 0 spiro atoms. The van der Waals surface area contributed by atoms with Crippen LogP contribution in [0.5, 0.6) is 0 Å². The molecule has 2 heteroatoms. The summed E-state index contributed by atoms with van der Waals surface area (Å²) >= 11 is 0. The molecule has 2 nitrogen and oxygen atoms in total.